The average molecular weight is 266 g/mol. The molecule has 4 heteroatoms. The number of rotatable bonds is 2. The van der Waals surface area contributed by atoms with E-state index >= 15 is 0 Å². The molecule has 2 rings (SSSR count). The number of hydrogen-bond donors (Lipinski definition) is 1. The summed E-state index contributed by atoms with van der Waals surface area (Å²) in [7, 11) is 0. The van der Waals surface area contributed by atoms with Crippen molar-refractivity contribution < 1.29 is 4.79 Å². The van der Waals surface area contributed by atoms with Crippen molar-refractivity contribution in [3.63, 3.8) is 0 Å². The number of carbonyl (C=O) groups excluding carboxylic acids is 1. The number of piperidine rings is 1. The number of carbonyl (C=O) groups is 1. The summed E-state index contributed by atoms with van der Waals surface area (Å²) in [6, 6.07) is 2.21. The third kappa shape index (κ3) is 2.45. The van der Waals surface area contributed by atoms with Gasteiger partial charge in [-0.05, 0) is 44.2 Å². The van der Waals surface area contributed by atoms with Gasteiger partial charge < -0.3 is 10.6 Å². The van der Waals surface area contributed by atoms with Gasteiger partial charge >= 0.3 is 0 Å². The molecular formula is C14H22N2OS. The zero-order valence-corrected chi connectivity index (χ0v) is 12.2. The highest BCUT2D eigenvalue weighted by Gasteiger charge is 2.31. The van der Waals surface area contributed by atoms with Crippen molar-refractivity contribution >= 4 is 17.2 Å². The molecule has 1 aliphatic heterocycles. The van der Waals surface area contributed by atoms with Crippen LogP contribution in [-0.2, 0) is 0 Å². The van der Waals surface area contributed by atoms with E-state index in [1.54, 1.807) is 11.3 Å². The van der Waals surface area contributed by atoms with Crippen LogP contribution in [0.4, 0.5) is 0 Å². The lowest BCUT2D eigenvalue weighted by atomic mass is 9.90. The molecule has 1 saturated heterocycles. The molecule has 0 unspecified atom stereocenters. The molecule has 18 heavy (non-hydrogen) atoms. The first-order valence-corrected chi connectivity index (χ1v) is 7.44. The van der Waals surface area contributed by atoms with E-state index in [2.05, 4.69) is 20.8 Å². The van der Waals surface area contributed by atoms with E-state index in [0.29, 0.717) is 12.5 Å². The van der Waals surface area contributed by atoms with Crippen molar-refractivity contribution in [2.75, 3.05) is 13.1 Å². The molecule has 0 spiro atoms. The molecule has 1 aliphatic rings. The topological polar surface area (TPSA) is 46.3 Å². The highest BCUT2D eigenvalue weighted by atomic mass is 32.1. The van der Waals surface area contributed by atoms with Gasteiger partial charge in [-0.15, -0.1) is 11.3 Å². The van der Waals surface area contributed by atoms with E-state index in [1.165, 1.54) is 16.9 Å². The van der Waals surface area contributed by atoms with Crippen LogP contribution in [0.3, 0.4) is 0 Å². The molecule has 3 nitrogen and oxygen atoms in total. The number of amides is 1. The van der Waals surface area contributed by atoms with Crippen LogP contribution in [0.5, 0.6) is 0 Å². The lowest BCUT2D eigenvalue weighted by molar-refractivity contribution is 0.0537. The fourth-order valence-electron chi connectivity index (χ4n) is 2.68. The normalized spacial score (nSPS) is 24.3. The zero-order valence-electron chi connectivity index (χ0n) is 11.4. The first kappa shape index (κ1) is 13.6. The Morgan fingerprint density at radius 3 is 2.83 bits per heavy atom. The summed E-state index contributed by atoms with van der Waals surface area (Å²) < 4.78 is 0. The van der Waals surface area contributed by atoms with Crippen LogP contribution < -0.4 is 5.73 Å². The molecule has 2 heterocycles. The minimum Gasteiger partial charge on any atom is -0.333 e. The molecule has 1 amide bonds. The Balaban J connectivity index is 2.21. The van der Waals surface area contributed by atoms with Crippen LogP contribution in [0.15, 0.2) is 6.07 Å². The standard InChI is InChI=1S/C14H22N2OS/c1-9-5-4-6-16(12(9)8-15)14(17)13-7-10(2)11(3)18-13/h7,9,12H,4-6,8,15H2,1-3H3/t9-,12-/m1/s1. The van der Waals surface area contributed by atoms with E-state index in [0.717, 1.165) is 17.8 Å². The summed E-state index contributed by atoms with van der Waals surface area (Å²) in [6.45, 7) is 7.73. The van der Waals surface area contributed by atoms with Gasteiger partial charge in [0.05, 0.1) is 4.88 Å². The summed E-state index contributed by atoms with van der Waals surface area (Å²) in [5.74, 6) is 0.674. The average Bonchev–Trinajstić information content (AvgIpc) is 2.68. The van der Waals surface area contributed by atoms with Gasteiger partial charge in [-0.3, -0.25) is 4.79 Å². The van der Waals surface area contributed by atoms with E-state index < -0.39 is 0 Å². The summed E-state index contributed by atoms with van der Waals surface area (Å²) in [5.41, 5.74) is 7.05. The second kappa shape index (κ2) is 5.41. The number of hydrogen-bond acceptors (Lipinski definition) is 3. The Morgan fingerprint density at radius 2 is 2.28 bits per heavy atom. The molecular weight excluding hydrogens is 244 g/mol. The molecule has 1 aromatic rings. The van der Waals surface area contributed by atoms with Gasteiger partial charge in [0.15, 0.2) is 0 Å². The van der Waals surface area contributed by atoms with E-state index in [-0.39, 0.29) is 11.9 Å². The molecule has 0 bridgehead atoms. The Bertz CT molecular complexity index is 422. The quantitative estimate of drug-likeness (QED) is 0.894. The summed E-state index contributed by atoms with van der Waals surface area (Å²) >= 11 is 1.60. The Hall–Kier alpha value is -0.870. The highest BCUT2D eigenvalue weighted by molar-refractivity contribution is 7.14. The van der Waals surface area contributed by atoms with Gasteiger partial charge in [-0.25, -0.2) is 0 Å². The molecule has 2 atom stereocenters. The maximum atomic E-state index is 12.6. The Morgan fingerprint density at radius 1 is 1.56 bits per heavy atom. The predicted molar refractivity (Wildman–Crippen MR) is 76.1 cm³/mol. The molecule has 1 fully saturated rings. The first-order valence-electron chi connectivity index (χ1n) is 6.62. The van der Waals surface area contributed by atoms with Gasteiger partial charge in [-0.2, -0.15) is 0 Å². The van der Waals surface area contributed by atoms with Crippen LogP contribution in [0.2, 0.25) is 0 Å². The Kier molecular flexibility index (Phi) is 4.07. The number of nitrogens with zero attached hydrogens (tertiary/aromatic N) is 1. The van der Waals surface area contributed by atoms with Crippen LogP contribution in [0, 0.1) is 19.8 Å². The molecule has 0 aliphatic carbocycles. The maximum absolute atomic E-state index is 12.6. The minimum atomic E-state index is 0.165. The number of likely N-dealkylation sites (tertiary alicyclic amines) is 1. The van der Waals surface area contributed by atoms with Crippen molar-refractivity contribution in [1.82, 2.24) is 4.90 Å². The zero-order chi connectivity index (χ0) is 13.3. The minimum absolute atomic E-state index is 0.165. The predicted octanol–water partition coefficient (Wildman–Crippen LogP) is 2.56. The third-order valence-corrected chi connectivity index (χ3v) is 5.14. The first-order chi connectivity index (χ1) is 8.54. The third-order valence-electron chi connectivity index (χ3n) is 3.99. The van der Waals surface area contributed by atoms with Gasteiger partial charge in [0.1, 0.15) is 0 Å². The van der Waals surface area contributed by atoms with Crippen molar-refractivity contribution in [3.8, 4) is 0 Å². The highest BCUT2D eigenvalue weighted by Crippen LogP contribution is 2.27. The van der Waals surface area contributed by atoms with Crippen molar-refractivity contribution in [1.29, 1.82) is 0 Å². The second-order valence-corrected chi connectivity index (χ2v) is 6.53. The molecule has 2 N–H and O–H groups in total. The van der Waals surface area contributed by atoms with E-state index in [9.17, 15) is 4.79 Å². The van der Waals surface area contributed by atoms with Gasteiger partial charge in [0.25, 0.3) is 5.91 Å². The largest absolute Gasteiger partial charge is 0.333 e. The molecule has 0 saturated carbocycles. The monoisotopic (exact) mass is 266 g/mol. The van der Waals surface area contributed by atoms with Crippen LogP contribution in [0.25, 0.3) is 0 Å². The summed E-state index contributed by atoms with van der Waals surface area (Å²) in [4.78, 5) is 16.6. The van der Waals surface area contributed by atoms with Crippen molar-refractivity contribution in [2.24, 2.45) is 11.7 Å². The molecule has 1 aromatic heterocycles. The van der Waals surface area contributed by atoms with Crippen molar-refractivity contribution in [2.45, 2.75) is 39.7 Å². The molecule has 100 valence electrons. The SMILES string of the molecule is Cc1cc(C(=O)N2CCC[C@@H](C)[C@H]2CN)sc1C. The van der Waals surface area contributed by atoms with Crippen molar-refractivity contribution in [3.05, 3.63) is 21.4 Å². The van der Waals surface area contributed by atoms with E-state index in [1.807, 2.05) is 11.0 Å². The van der Waals surface area contributed by atoms with Gasteiger partial charge in [-0.1, -0.05) is 6.92 Å². The summed E-state index contributed by atoms with van der Waals surface area (Å²) in [6.07, 6.45) is 2.26. The Labute approximate surface area is 113 Å². The molecule has 0 radical (unpaired) electrons. The van der Waals surface area contributed by atoms with Crippen LogP contribution in [0.1, 0.15) is 39.9 Å². The van der Waals surface area contributed by atoms with Crippen LogP contribution in [-0.4, -0.2) is 29.9 Å². The van der Waals surface area contributed by atoms with Crippen LogP contribution >= 0.6 is 11.3 Å². The number of aryl methyl sites for hydroxylation is 2. The number of nitrogens with two attached hydrogens (primary N) is 1. The molecule has 0 aromatic carbocycles. The van der Waals surface area contributed by atoms with Gasteiger partial charge in [0, 0.05) is 24.0 Å². The fourth-order valence-corrected chi connectivity index (χ4v) is 3.67. The maximum Gasteiger partial charge on any atom is 0.264 e. The smallest absolute Gasteiger partial charge is 0.264 e. The second-order valence-electron chi connectivity index (χ2n) is 5.27. The number of thiophene rings is 1. The fraction of sp³-hybridized carbons (Fsp3) is 0.643. The summed E-state index contributed by atoms with van der Waals surface area (Å²) in [5, 5.41) is 0. The lowest BCUT2D eigenvalue weighted by Gasteiger charge is -2.39. The van der Waals surface area contributed by atoms with E-state index in [4.69, 9.17) is 5.73 Å². The lowest BCUT2D eigenvalue weighted by Crippen LogP contribution is -2.51. The van der Waals surface area contributed by atoms with Gasteiger partial charge in [0.2, 0.25) is 0 Å².